The van der Waals surface area contributed by atoms with Crippen LogP contribution in [0, 0.1) is 6.92 Å². The number of carbonyl (C=O) groups excluding carboxylic acids is 1. The van der Waals surface area contributed by atoms with Crippen molar-refractivity contribution in [3.63, 3.8) is 0 Å². The number of nitrogens with one attached hydrogen (secondary N) is 1. The number of anilines is 1. The van der Waals surface area contributed by atoms with Crippen LogP contribution in [0.1, 0.15) is 24.0 Å². The number of amides is 1. The molecule has 0 aromatic heterocycles. The Morgan fingerprint density at radius 1 is 1.23 bits per heavy atom. The van der Waals surface area contributed by atoms with E-state index in [2.05, 4.69) is 11.4 Å². The van der Waals surface area contributed by atoms with Gasteiger partial charge in [0.1, 0.15) is 5.75 Å². The van der Waals surface area contributed by atoms with Crippen LogP contribution in [0.2, 0.25) is 5.02 Å². The topological polar surface area (TPSA) is 38.3 Å². The number of carbonyl (C=O) groups is 1. The molecule has 0 saturated carbocycles. The maximum absolute atomic E-state index is 11.9. The van der Waals surface area contributed by atoms with Crippen LogP contribution < -0.4 is 10.1 Å². The van der Waals surface area contributed by atoms with Crippen LogP contribution in [-0.2, 0) is 11.2 Å². The van der Waals surface area contributed by atoms with Crippen molar-refractivity contribution < 1.29 is 9.53 Å². The van der Waals surface area contributed by atoms with Gasteiger partial charge in [-0.15, -0.1) is 0 Å². The maximum atomic E-state index is 11.9. The fourth-order valence-corrected chi connectivity index (χ4v) is 2.53. The predicted molar refractivity (Wildman–Crippen MR) is 90.8 cm³/mol. The lowest BCUT2D eigenvalue weighted by Crippen LogP contribution is -2.11. The van der Waals surface area contributed by atoms with Gasteiger partial charge < -0.3 is 10.1 Å². The second-order valence-electron chi connectivity index (χ2n) is 5.22. The molecule has 1 amide bonds. The Morgan fingerprint density at radius 2 is 2.05 bits per heavy atom. The van der Waals surface area contributed by atoms with E-state index in [1.807, 2.05) is 31.2 Å². The zero-order valence-electron chi connectivity index (χ0n) is 12.9. The van der Waals surface area contributed by atoms with E-state index in [0.29, 0.717) is 11.4 Å². The second kappa shape index (κ2) is 7.85. The van der Waals surface area contributed by atoms with Crippen LogP contribution in [0.15, 0.2) is 42.5 Å². The van der Waals surface area contributed by atoms with Gasteiger partial charge in [-0.1, -0.05) is 29.8 Å². The molecule has 0 radical (unpaired) electrons. The van der Waals surface area contributed by atoms with E-state index in [0.717, 1.165) is 29.8 Å². The van der Waals surface area contributed by atoms with Gasteiger partial charge >= 0.3 is 0 Å². The van der Waals surface area contributed by atoms with Crippen LogP contribution in [-0.4, -0.2) is 13.0 Å². The van der Waals surface area contributed by atoms with Gasteiger partial charge in [0.05, 0.1) is 7.11 Å². The lowest BCUT2D eigenvalue weighted by Gasteiger charge is -2.08. The van der Waals surface area contributed by atoms with Gasteiger partial charge in [-0.25, -0.2) is 0 Å². The Morgan fingerprint density at radius 3 is 2.73 bits per heavy atom. The molecule has 0 spiro atoms. The van der Waals surface area contributed by atoms with E-state index in [9.17, 15) is 4.79 Å². The molecule has 2 rings (SSSR count). The molecule has 0 aliphatic rings. The van der Waals surface area contributed by atoms with Crippen molar-refractivity contribution in [2.24, 2.45) is 0 Å². The highest BCUT2D eigenvalue weighted by Gasteiger charge is 2.04. The van der Waals surface area contributed by atoms with Gasteiger partial charge in [-0.2, -0.15) is 0 Å². The smallest absolute Gasteiger partial charge is 0.224 e. The first kappa shape index (κ1) is 16.4. The van der Waals surface area contributed by atoms with Crippen molar-refractivity contribution in [1.82, 2.24) is 0 Å². The van der Waals surface area contributed by atoms with E-state index >= 15 is 0 Å². The Labute approximate surface area is 136 Å². The van der Waals surface area contributed by atoms with E-state index < -0.39 is 0 Å². The molecular weight excluding hydrogens is 298 g/mol. The van der Waals surface area contributed by atoms with Crippen LogP contribution in [0.5, 0.6) is 5.75 Å². The van der Waals surface area contributed by atoms with E-state index in [4.69, 9.17) is 16.3 Å². The molecule has 0 saturated heterocycles. The molecule has 4 heteroatoms. The van der Waals surface area contributed by atoms with Gasteiger partial charge in [0, 0.05) is 17.1 Å². The van der Waals surface area contributed by atoms with E-state index in [1.165, 1.54) is 5.56 Å². The molecule has 1 N–H and O–H groups in total. The molecule has 0 unspecified atom stereocenters. The molecule has 3 nitrogen and oxygen atoms in total. The van der Waals surface area contributed by atoms with Crippen molar-refractivity contribution in [2.45, 2.75) is 26.2 Å². The summed E-state index contributed by atoms with van der Waals surface area (Å²) in [4.78, 5) is 11.9. The largest absolute Gasteiger partial charge is 0.496 e. The third-order valence-corrected chi connectivity index (χ3v) is 3.67. The molecule has 2 aromatic rings. The monoisotopic (exact) mass is 317 g/mol. The molecule has 0 atom stereocenters. The van der Waals surface area contributed by atoms with Crippen molar-refractivity contribution in [3.05, 3.63) is 58.6 Å². The minimum atomic E-state index is 0.00694. The summed E-state index contributed by atoms with van der Waals surface area (Å²) in [5, 5.41) is 3.47. The number of hydrogen-bond acceptors (Lipinski definition) is 2. The van der Waals surface area contributed by atoms with Crippen molar-refractivity contribution in [2.75, 3.05) is 12.4 Å². The molecule has 2 aromatic carbocycles. The molecule has 0 aliphatic heterocycles. The first-order valence-corrected chi connectivity index (χ1v) is 7.65. The summed E-state index contributed by atoms with van der Waals surface area (Å²) in [6.07, 6.45) is 2.16. The molecule has 0 fully saturated rings. The zero-order chi connectivity index (χ0) is 15.9. The fourth-order valence-electron chi connectivity index (χ4n) is 2.34. The van der Waals surface area contributed by atoms with Crippen LogP contribution in [0.25, 0.3) is 0 Å². The summed E-state index contributed by atoms with van der Waals surface area (Å²) in [7, 11) is 1.67. The van der Waals surface area contributed by atoms with Gasteiger partial charge in [-0.05, 0) is 55.2 Å². The van der Waals surface area contributed by atoms with Gasteiger partial charge in [0.2, 0.25) is 5.91 Å². The zero-order valence-corrected chi connectivity index (χ0v) is 13.6. The Hall–Kier alpha value is -2.00. The summed E-state index contributed by atoms with van der Waals surface area (Å²) >= 11 is 5.89. The quantitative estimate of drug-likeness (QED) is 0.844. The molecule has 0 heterocycles. The minimum absolute atomic E-state index is 0.00694. The summed E-state index contributed by atoms with van der Waals surface area (Å²) in [5.41, 5.74) is 3.06. The number of halogens is 1. The number of ether oxygens (including phenoxy) is 1. The minimum Gasteiger partial charge on any atom is -0.496 e. The van der Waals surface area contributed by atoms with Gasteiger partial charge in [0.25, 0.3) is 0 Å². The van der Waals surface area contributed by atoms with Crippen molar-refractivity contribution >= 4 is 23.2 Å². The molecule has 0 bridgehead atoms. The number of aryl methyl sites for hydroxylation is 2. The normalized spacial score (nSPS) is 10.3. The van der Waals surface area contributed by atoms with Crippen LogP contribution in [0.4, 0.5) is 5.69 Å². The first-order chi connectivity index (χ1) is 10.6. The standard InChI is InChI=1S/C18H20ClNO2/c1-13-11-14(9-10-17(13)22-2)5-3-8-18(21)20-16-7-4-6-15(19)12-16/h4,6-7,9-12H,3,5,8H2,1-2H3,(H,20,21). The molecular formula is C18H20ClNO2. The SMILES string of the molecule is COc1ccc(CCCC(=O)Nc2cccc(Cl)c2)cc1C. The van der Waals surface area contributed by atoms with E-state index in [-0.39, 0.29) is 5.91 Å². The highest BCUT2D eigenvalue weighted by Crippen LogP contribution is 2.20. The fraction of sp³-hybridized carbons (Fsp3) is 0.278. The van der Waals surface area contributed by atoms with Crippen molar-refractivity contribution in [3.8, 4) is 5.75 Å². The van der Waals surface area contributed by atoms with Gasteiger partial charge in [-0.3, -0.25) is 4.79 Å². The Balaban J connectivity index is 1.81. The lowest BCUT2D eigenvalue weighted by molar-refractivity contribution is -0.116. The molecule has 22 heavy (non-hydrogen) atoms. The average molecular weight is 318 g/mol. The van der Waals surface area contributed by atoms with Crippen LogP contribution >= 0.6 is 11.6 Å². The Bertz CT molecular complexity index is 655. The summed E-state index contributed by atoms with van der Waals surface area (Å²) in [6, 6.07) is 13.3. The number of hydrogen-bond donors (Lipinski definition) is 1. The maximum Gasteiger partial charge on any atom is 0.224 e. The van der Waals surface area contributed by atoms with E-state index in [1.54, 1.807) is 19.2 Å². The second-order valence-corrected chi connectivity index (χ2v) is 5.65. The first-order valence-electron chi connectivity index (χ1n) is 7.27. The predicted octanol–water partition coefficient (Wildman–Crippen LogP) is 4.62. The Kier molecular flexibility index (Phi) is 5.84. The number of benzene rings is 2. The third kappa shape index (κ3) is 4.78. The average Bonchev–Trinajstić information content (AvgIpc) is 2.47. The summed E-state index contributed by atoms with van der Waals surface area (Å²) in [6.45, 7) is 2.02. The highest BCUT2D eigenvalue weighted by molar-refractivity contribution is 6.30. The van der Waals surface area contributed by atoms with Crippen molar-refractivity contribution in [1.29, 1.82) is 0 Å². The molecule has 116 valence electrons. The van der Waals surface area contributed by atoms with Crippen LogP contribution in [0.3, 0.4) is 0 Å². The summed E-state index contributed by atoms with van der Waals surface area (Å²) in [5.74, 6) is 0.898. The third-order valence-electron chi connectivity index (χ3n) is 3.44. The highest BCUT2D eigenvalue weighted by atomic mass is 35.5. The molecule has 0 aliphatic carbocycles. The lowest BCUT2D eigenvalue weighted by atomic mass is 10.0. The summed E-state index contributed by atoms with van der Waals surface area (Å²) < 4.78 is 5.24. The number of methoxy groups -OCH3 is 1. The number of rotatable bonds is 6. The van der Waals surface area contributed by atoms with Gasteiger partial charge in [0.15, 0.2) is 0 Å².